The van der Waals surface area contributed by atoms with Crippen LogP contribution < -0.4 is 10.5 Å². The van der Waals surface area contributed by atoms with Crippen molar-refractivity contribution in [2.75, 3.05) is 13.3 Å². The zero-order chi connectivity index (χ0) is 12.7. The Hall–Kier alpha value is -1.62. The maximum Gasteiger partial charge on any atom is 0.123 e. The topological polar surface area (TPSA) is 79.3 Å². The maximum atomic E-state index is 11.9. The van der Waals surface area contributed by atoms with E-state index in [0.29, 0.717) is 18.6 Å². The minimum atomic E-state index is -0.644. The van der Waals surface area contributed by atoms with Crippen LogP contribution in [0.1, 0.15) is 24.5 Å². The second-order valence-corrected chi connectivity index (χ2v) is 3.69. The molecule has 0 fully saturated rings. The summed E-state index contributed by atoms with van der Waals surface area (Å²) in [6.45, 7) is -0.491. The van der Waals surface area contributed by atoms with Crippen LogP contribution in [0.25, 0.3) is 0 Å². The average Bonchev–Trinajstić information content (AvgIpc) is 2.34. The summed E-state index contributed by atoms with van der Waals surface area (Å²) in [4.78, 5) is 0. The monoisotopic (exact) mass is 240 g/mol. The van der Waals surface area contributed by atoms with Crippen LogP contribution in [0.4, 0.5) is 4.39 Å². The third-order valence-corrected chi connectivity index (χ3v) is 2.30. The number of nitrogens with one attached hydrogen (secondary N) is 1. The highest BCUT2D eigenvalue weighted by molar-refractivity contribution is 5.76. The first-order valence-corrected chi connectivity index (χ1v) is 5.43. The molecule has 0 aliphatic heterocycles. The lowest BCUT2D eigenvalue weighted by molar-refractivity contribution is 0.170. The fourth-order valence-corrected chi connectivity index (χ4v) is 1.40. The first-order valence-electron chi connectivity index (χ1n) is 5.43. The molecule has 1 aromatic carbocycles. The Morgan fingerprint density at radius 3 is 2.59 bits per heavy atom. The van der Waals surface area contributed by atoms with E-state index in [4.69, 9.17) is 15.9 Å². The van der Waals surface area contributed by atoms with Crippen molar-refractivity contribution >= 4 is 5.84 Å². The van der Waals surface area contributed by atoms with Crippen LogP contribution in [0.3, 0.4) is 0 Å². The summed E-state index contributed by atoms with van der Waals surface area (Å²) in [6, 6.07) is 6.81. The number of benzene rings is 1. The molecule has 4 nitrogen and oxygen atoms in total. The van der Waals surface area contributed by atoms with Gasteiger partial charge in [-0.15, -0.1) is 0 Å². The van der Waals surface area contributed by atoms with Crippen molar-refractivity contribution < 1.29 is 14.2 Å². The van der Waals surface area contributed by atoms with E-state index in [1.165, 1.54) is 0 Å². The highest BCUT2D eigenvalue weighted by Crippen LogP contribution is 2.21. The molecule has 1 rings (SSSR count). The standard InChI is InChI=1S/C12H17FN2O2/c13-7-8-17-10-3-1-9(2-4-10)11(16)5-6-12(14)15/h1-4,11,16H,5-8H2,(H3,14,15). The SMILES string of the molecule is N=C(N)CCC(O)c1ccc(OCCF)cc1. The Morgan fingerprint density at radius 2 is 2.06 bits per heavy atom. The van der Waals surface area contributed by atoms with E-state index >= 15 is 0 Å². The minimum Gasteiger partial charge on any atom is -0.491 e. The summed E-state index contributed by atoms with van der Waals surface area (Å²) < 4.78 is 16.9. The Labute approximate surface area is 99.7 Å². The summed E-state index contributed by atoms with van der Waals surface area (Å²) >= 11 is 0. The first-order chi connectivity index (χ1) is 8.13. The van der Waals surface area contributed by atoms with Crippen molar-refractivity contribution in [3.05, 3.63) is 29.8 Å². The van der Waals surface area contributed by atoms with Gasteiger partial charge in [0.05, 0.1) is 11.9 Å². The zero-order valence-corrected chi connectivity index (χ0v) is 9.53. The lowest BCUT2D eigenvalue weighted by Crippen LogP contribution is -2.11. The average molecular weight is 240 g/mol. The van der Waals surface area contributed by atoms with Gasteiger partial charge in [-0.2, -0.15) is 0 Å². The number of nitrogens with two attached hydrogens (primary N) is 1. The van der Waals surface area contributed by atoms with Gasteiger partial charge in [-0.25, -0.2) is 4.39 Å². The highest BCUT2D eigenvalue weighted by atomic mass is 19.1. The Kier molecular flexibility index (Phi) is 5.42. The number of hydrogen-bond donors (Lipinski definition) is 3. The molecule has 1 aromatic rings. The van der Waals surface area contributed by atoms with Crippen molar-refractivity contribution in [1.29, 1.82) is 5.41 Å². The molecule has 0 aliphatic rings. The van der Waals surface area contributed by atoms with Crippen molar-refractivity contribution in [3.63, 3.8) is 0 Å². The fraction of sp³-hybridized carbons (Fsp3) is 0.417. The number of rotatable bonds is 7. The smallest absolute Gasteiger partial charge is 0.123 e. The number of aliphatic hydroxyl groups excluding tert-OH is 1. The lowest BCUT2D eigenvalue weighted by atomic mass is 10.0. The normalized spacial score (nSPS) is 12.1. The number of aliphatic hydroxyl groups is 1. The molecule has 0 radical (unpaired) electrons. The van der Waals surface area contributed by atoms with Gasteiger partial charge in [0.1, 0.15) is 19.0 Å². The molecule has 0 amide bonds. The predicted octanol–water partition coefficient (Wildman–Crippen LogP) is 1.78. The highest BCUT2D eigenvalue weighted by Gasteiger charge is 2.08. The number of halogens is 1. The van der Waals surface area contributed by atoms with Crippen LogP contribution in [-0.2, 0) is 0 Å². The van der Waals surface area contributed by atoms with E-state index < -0.39 is 12.8 Å². The Bertz CT molecular complexity index is 354. The minimum absolute atomic E-state index is 0.0340. The maximum absolute atomic E-state index is 11.9. The molecule has 0 saturated carbocycles. The van der Waals surface area contributed by atoms with E-state index in [1.54, 1.807) is 24.3 Å². The van der Waals surface area contributed by atoms with Gasteiger partial charge in [-0.3, -0.25) is 5.41 Å². The van der Waals surface area contributed by atoms with E-state index in [1.807, 2.05) is 0 Å². The van der Waals surface area contributed by atoms with Crippen molar-refractivity contribution in [3.8, 4) is 5.75 Å². The van der Waals surface area contributed by atoms with Crippen molar-refractivity contribution in [2.24, 2.45) is 5.73 Å². The van der Waals surface area contributed by atoms with Gasteiger partial charge in [0, 0.05) is 6.42 Å². The van der Waals surface area contributed by atoms with Gasteiger partial charge in [-0.1, -0.05) is 12.1 Å². The van der Waals surface area contributed by atoms with Crippen molar-refractivity contribution in [1.82, 2.24) is 0 Å². The van der Waals surface area contributed by atoms with Crippen LogP contribution in [0.15, 0.2) is 24.3 Å². The quantitative estimate of drug-likeness (QED) is 0.502. The molecule has 0 heterocycles. The van der Waals surface area contributed by atoms with E-state index in [-0.39, 0.29) is 12.4 Å². The Balaban J connectivity index is 2.51. The van der Waals surface area contributed by atoms with Crippen LogP contribution in [0, 0.1) is 5.41 Å². The summed E-state index contributed by atoms with van der Waals surface area (Å²) in [6.07, 6.45) is 0.135. The summed E-state index contributed by atoms with van der Waals surface area (Å²) in [5.74, 6) is 0.636. The third kappa shape index (κ3) is 4.82. The second-order valence-electron chi connectivity index (χ2n) is 3.69. The van der Waals surface area contributed by atoms with Gasteiger partial charge in [0.25, 0.3) is 0 Å². The van der Waals surface area contributed by atoms with E-state index in [0.717, 1.165) is 5.56 Å². The second kappa shape index (κ2) is 6.85. The van der Waals surface area contributed by atoms with Crippen LogP contribution >= 0.6 is 0 Å². The van der Waals surface area contributed by atoms with Gasteiger partial charge in [0.2, 0.25) is 0 Å². The van der Waals surface area contributed by atoms with Crippen LogP contribution in [0.5, 0.6) is 5.75 Å². The molecular weight excluding hydrogens is 223 g/mol. The third-order valence-electron chi connectivity index (χ3n) is 2.30. The number of alkyl halides is 1. The number of ether oxygens (including phenoxy) is 1. The number of amidine groups is 1. The summed E-state index contributed by atoms with van der Waals surface area (Å²) in [5.41, 5.74) is 5.95. The molecule has 0 saturated heterocycles. The van der Waals surface area contributed by atoms with Crippen LogP contribution in [-0.4, -0.2) is 24.2 Å². The molecule has 5 heteroatoms. The molecule has 94 valence electrons. The molecule has 1 atom stereocenters. The molecule has 0 bridgehead atoms. The summed E-state index contributed by atoms with van der Waals surface area (Å²) in [5, 5.41) is 16.9. The molecule has 0 aromatic heterocycles. The van der Waals surface area contributed by atoms with Gasteiger partial charge < -0.3 is 15.6 Å². The van der Waals surface area contributed by atoms with E-state index in [9.17, 15) is 9.50 Å². The summed E-state index contributed by atoms with van der Waals surface area (Å²) in [7, 11) is 0. The largest absolute Gasteiger partial charge is 0.491 e. The molecule has 4 N–H and O–H groups in total. The molecule has 17 heavy (non-hydrogen) atoms. The zero-order valence-electron chi connectivity index (χ0n) is 9.53. The molecule has 0 spiro atoms. The molecule has 1 unspecified atom stereocenters. The van der Waals surface area contributed by atoms with Gasteiger partial charge in [0.15, 0.2) is 0 Å². The van der Waals surface area contributed by atoms with Crippen LogP contribution in [0.2, 0.25) is 0 Å². The first kappa shape index (κ1) is 13.4. The van der Waals surface area contributed by atoms with Gasteiger partial charge >= 0.3 is 0 Å². The predicted molar refractivity (Wildman–Crippen MR) is 64.0 cm³/mol. The molecule has 0 aliphatic carbocycles. The van der Waals surface area contributed by atoms with E-state index in [2.05, 4.69) is 0 Å². The van der Waals surface area contributed by atoms with Gasteiger partial charge in [-0.05, 0) is 24.1 Å². The van der Waals surface area contributed by atoms with Crippen molar-refractivity contribution in [2.45, 2.75) is 18.9 Å². The fourth-order valence-electron chi connectivity index (χ4n) is 1.40. The lowest BCUT2D eigenvalue weighted by Gasteiger charge is -2.11. The Morgan fingerprint density at radius 1 is 1.41 bits per heavy atom. The molecular formula is C12H17FN2O2. The number of hydrogen-bond acceptors (Lipinski definition) is 3.